The fraction of sp³-hybridized carbons (Fsp3) is 0.350. The van der Waals surface area contributed by atoms with Crippen LogP contribution in [0.3, 0.4) is 0 Å². The van der Waals surface area contributed by atoms with Crippen molar-refractivity contribution in [2.75, 3.05) is 18.5 Å². The van der Waals surface area contributed by atoms with Crippen molar-refractivity contribution in [2.45, 2.75) is 31.4 Å². The Hall–Kier alpha value is -2.38. The van der Waals surface area contributed by atoms with E-state index >= 15 is 0 Å². The topological polar surface area (TPSA) is 52.6 Å². The molecule has 0 radical (unpaired) electrons. The molecular weight excluding hydrogens is 357 g/mol. The van der Waals surface area contributed by atoms with Crippen LogP contribution in [0.25, 0.3) is 0 Å². The van der Waals surface area contributed by atoms with E-state index in [0.29, 0.717) is 11.6 Å². The molecule has 27 heavy (non-hydrogen) atoms. The van der Waals surface area contributed by atoms with Gasteiger partial charge in [0.25, 0.3) is 0 Å². The first-order valence-corrected chi connectivity index (χ1v) is 8.59. The summed E-state index contributed by atoms with van der Waals surface area (Å²) >= 11 is 0. The van der Waals surface area contributed by atoms with Crippen LogP contribution in [0.4, 0.5) is 18.9 Å². The number of aliphatic hydroxyl groups is 1. The Morgan fingerprint density at radius 1 is 1.15 bits per heavy atom. The summed E-state index contributed by atoms with van der Waals surface area (Å²) < 4.78 is 42.4. The minimum Gasteiger partial charge on any atom is -0.389 e. The van der Waals surface area contributed by atoms with Crippen molar-refractivity contribution in [3.63, 3.8) is 0 Å². The first kappa shape index (κ1) is 19.4. The Morgan fingerprint density at radius 3 is 2.37 bits per heavy atom. The van der Waals surface area contributed by atoms with Crippen molar-refractivity contribution in [3.8, 4) is 0 Å². The number of anilines is 1. The van der Waals surface area contributed by atoms with E-state index in [1.807, 2.05) is 0 Å². The Balaban J connectivity index is 2.23. The van der Waals surface area contributed by atoms with Gasteiger partial charge in [-0.05, 0) is 50.2 Å². The molecule has 2 unspecified atom stereocenters. The monoisotopic (exact) mass is 378 g/mol. The molecule has 2 N–H and O–H groups in total. The third-order valence-corrected chi connectivity index (χ3v) is 4.94. The SMILES string of the molecule is CNCC(O)C(c1cc(F)cc(F)c1)N1C(=O)C(C)(C)c2cccc(F)c21. The summed E-state index contributed by atoms with van der Waals surface area (Å²) in [5.74, 6) is -2.77. The molecule has 4 nitrogen and oxygen atoms in total. The molecule has 0 fully saturated rings. The number of halogens is 3. The summed E-state index contributed by atoms with van der Waals surface area (Å²) in [5.41, 5.74) is -0.500. The van der Waals surface area contributed by atoms with Crippen molar-refractivity contribution < 1.29 is 23.1 Å². The van der Waals surface area contributed by atoms with Crippen LogP contribution >= 0.6 is 0 Å². The van der Waals surface area contributed by atoms with Gasteiger partial charge in [0.1, 0.15) is 17.5 Å². The number of likely N-dealkylation sites (N-methyl/N-ethyl adjacent to an activating group) is 1. The third kappa shape index (κ3) is 3.21. The first-order chi connectivity index (χ1) is 12.7. The summed E-state index contributed by atoms with van der Waals surface area (Å²) in [4.78, 5) is 14.3. The van der Waals surface area contributed by atoms with Gasteiger partial charge in [-0.2, -0.15) is 0 Å². The fourth-order valence-electron chi connectivity index (χ4n) is 3.66. The van der Waals surface area contributed by atoms with E-state index in [-0.39, 0.29) is 17.8 Å². The molecule has 0 saturated heterocycles. The molecule has 1 aliphatic rings. The van der Waals surface area contributed by atoms with Crippen LogP contribution in [-0.2, 0) is 10.2 Å². The van der Waals surface area contributed by atoms with Gasteiger partial charge in [-0.3, -0.25) is 9.69 Å². The number of fused-ring (bicyclic) bond motifs is 1. The molecule has 1 heterocycles. The zero-order valence-electron chi connectivity index (χ0n) is 15.3. The van der Waals surface area contributed by atoms with Gasteiger partial charge in [-0.1, -0.05) is 12.1 Å². The van der Waals surface area contributed by atoms with E-state index in [1.54, 1.807) is 27.0 Å². The average molecular weight is 378 g/mol. The van der Waals surface area contributed by atoms with Crippen molar-refractivity contribution in [1.29, 1.82) is 0 Å². The van der Waals surface area contributed by atoms with Crippen LogP contribution in [-0.4, -0.2) is 30.7 Å². The summed E-state index contributed by atoms with van der Waals surface area (Å²) in [6, 6.07) is 6.01. The standard InChI is InChI=1S/C20H21F3N2O2/c1-20(2)14-5-4-6-15(23)18(14)25(19(20)27)17(16(26)10-24-3)11-7-12(21)9-13(22)8-11/h4-9,16-17,24,26H,10H2,1-3H3. The zero-order valence-corrected chi connectivity index (χ0v) is 15.3. The Labute approximate surface area is 155 Å². The molecule has 3 rings (SSSR count). The van der Waals surface area contributed by atoms with Gasteiger partial charge < -0.3 is 10.4 Å². The molecule has 7 heteroatoms. The van der Waals surface area contributed by atoms with Crippen molar-refractivity contribution >= 4 is 11.6 Å². The number of hydrogen-bond donors (Lipinski definition) is 2. The predicted octanol–water partition coefficient (Wildman–Crippen LogP) is 3.05. The molecule has 0 spiro atoms. The highest BCUT2D eigenvalue weighted by molar-refractivity contribution is 6.08. The summed E-state index contributed by atoms with van der Waals surface area (Å²) in [5, 5.41) is 13.5. The van der Waals surface area contributed by atoms with E-state index in [0.717, 1.165) is 17.0 Å². The predicted molar refractivity (Wildman–Crippen MR) is 95.9 cm³/mol. The lowest BCUT2D eigenvalue weighted by molar-refractivity contribution is -0.123. The second kappa shape index (κ2) is 6.98. The molecule has 2 aromatic carbocycles. The number of benzene rings is 2. The zero-order chi connectivity index (χ0) is 19.9. The number of carbonyl (C=O) groups excluding carboxylic acids is 1. The van der Waals surface area contributed by atoms with Gasteiger partial charge in [-0.25, -0.2) is 13.2 Å². The smallest absolute Gasteiger partial charge is 0.237 e. The first-order valence-electron chi connectivity index (χ1n) is 8.59. The number of aliphatic hydroxyl groups excluding tert-OH is 1. The molecular formula is C20H21F3N2O2. The molecule has 2 atom stereocenters. The van der Waals surface area contributed by atoms with E-state index in [1.165, 1.54) is 12.1 Å². The minimum absolute atomic E-state index is 0.0253. The van der Waals surface area contributed by atoms with Crippen LogP contribution in [0.15, 0.2) is 36.4 Å². The van der Waals surface area contributed by atoms with Gasteiger partial charge in [-0.15, -0.1) is 0 Å². The largest absolute Gasteiger partial charge is 0.389 e. The Bertz CT molecular complexity index is 865. The maximum absolute atomic E-state index is 14.7. The number of hydrogen-bond acceptors (Lipinski definition) is 3. The van der Waals surface area contributed by atoms with E-state index in [4.69, 9.17) is 0 Å². The second-order valence-corrected chi connectivity index (χ2v) is 7.21. The van der Waals surface area contributed by atoms with Gasteiger partial charge in [0, 0.05) is 12.6 Å². The van der Waals surface area contributed by atoms with E-state index in [2.05, 4.69) is 5.32 Å². The third-order valence-electron chi connectivity index (χ3n) is 4.94. The molecule has 0 aromatic heterocycles. The highest BCUT2D eigenvalue weighted by atomic mass is 19.1. The summed E-state index contributed by atoms with van der Waals surface area (Å²) in [6.07, 6.45) is -1.22. The van der Waals surface area contributed by atoms with E-state index in [9.17, 15) is 23.1 Å². The highest BCUT2D eigenvalue weighted by Gasteiger charge is 2.49. The fourth-order valence-corrected chi connectivity index (χ4v) is 3.66. The number of nitrogens with zero attached hydrogens (tertiary/aromatic N) is 1. The van der Waals surface area contributed by atoms with Crippen LogP contribution in [0.2, 0.25) is 0 Å². The normalized spacial score (nSPS) is 17.7. The van der Waals surface area contributed by atoms with Crippen molar-refractivity contribution in [3.05, 3.63) is 65.0 Å². The summed E-state index contributed by atoms with van der Waals surface area (Å²) in [6.45, 7) is 3.35. The van der Waals surface area contributed by atoms with Crippen LogP contribution in [0.1, 0.15) is 31.0 Å². The number of amides is 1. The van der Waals surface area contributed by atoms with Gasteiger partial charge >= 0.3 is 0 Å². The minimum atomic E-state index is -1.22. The van der Waals surface area contributed by atoms with Crippen LogP contribution in [0.5, 0.6) is 0 Å². The molecule has 144 valence electrons. The maximum atomic E-state index is 14.7. The molecule has 1 aliphatic heterocycles. The number of para-hydroxylation sites is 1. The molecule has 0 aliphatic carbocycles. The lowest BCUT2D eigenvalue weighted by Crippen LogP contribution is -2.46. The van der Waals surface area contributed by atoms with Crippen molar-refractivity contribution in [2.24, 2.45) is 0 Å². The number of carbonyl (C=O) groups is 1. The van der Waals surface area contributed by atoms with Gasteiger partial charge in [0.05, 0.1) is 23.2 Å². The molecule has 0 bridgehead atoms. The second-order valence-electron chi connectivity index (χ2n) is 7.21. The lowest BCUT2D eigenvalue weighted by Gasteiger charge is -2.34. The molecule has 0 saturated carbocycles. The van der Waals surface area contributed by atoms with Crippen LogP contribution in [0, 0.1) is 17.5 Å². The number of nitrogens with one attached hydrogen (secondary N) is 1. The lowest BCUT2D eigenvalue weighted by atomic mass is 9.86. The average Bonchev–Trinajstić information content (AvgIpc) is 2.77. The van der Waals surface area contributed by atoms with Gasteiger partial charge in [0.2, 0.25) is 5.91 Å². The quantitative estimate of drug-likeness (QED) is 0.841. The van der Waals surface area contributed by atoms with Gasteiger partial charge in [0.15, 0.2) is 0 Å². The Kier molecular flexibility index (Phi) is 5.01. The maximum Gasteiger partial charge on any atom is 0.237 e. The molecule has 2 aromatic rings. The van der Waals surface area contributed by atoms with E-state index < -0.39 is 40.9 Å². The van der Waals surface area contributed by atoms with Crippen molar-refractivity contribution in [1.82, 2.24) is 5.32 Å². The molecule has 1 amide bonds. The Morgan fingerprint density at radius 2 is 1.78 bits per heavy atom. The highest BCUT2D eigenvalue weighted by Crippen LogP contribution is 2.47. The van der Waals surface area contributed by atoms with Crippen LogP contribution < -0.4 is 10.2 Å². The number of rotatable bonds is 5. The summed E-state index contributed by atoms with van der Waals surface area (Å²) in [7, 11) is 1.59.